The van der Waals surface area contributed by atoms with Crippen LogP contribution in [0.15, 0.2) is 21.5 Å². The Labute approximate surface area is 109 Å². The van der Waals surface area contributed by atoms with Crippen molar-refractivity contribution in [2.75, 3.05) is 17.2 Å². The van der Waals surface area contributed by atoms with Crippen LogP contribution in [0.1, 0.15) is 13.3 Å². The van der Waals surface area contributed by atoms with Crippen molar-refractivity contribution in [3.05, 3.63) is 27.1 Å². The van der Waals surface area contributed by atoms with E-state index >= 15 is 0 Å². The predicted octanol–water partition coefficient (Wildman–Crippen LogP) is 1.02. The zero-order valence-electron chi connectivity index (χ0n) is 9.52. The van der Waals surface area contributed by atoms with Crippen LogP contribution in [0.4, 0.5) is 5.69 Å². The highest BCUT2D eigenvalue weighted by molar-refractivity contribution is 9.10. The normalized spacial score (nSPS) is 11.6. The number of nitrogens with zero attached hydrogens (tertiary/aromatic N) is 1. The van der Waals surface area contributed by atoms with Gasteiger partial charge in [0.05, 0.1) is 10.2 Å². The first-order chi connectivity index (χ1) is 7.85. The Morgan fingerprint density at radius 3 is 2.65 bits per heavy atom. The van der Waals surface area contributed by atoms with E-state index in [1.807, 2.05) is 0 Å². The van der Waals surface area contributed by atoms with E-state index < -0.39 is 9.84 Å². The smallest absolute Gasteiger partial charge is 0.265 e. The molecule has 0 aliphatic carbocycles. The minimum atomic E-state index is -3.09. The standard InChI is InChI=1S/C10H15BrN2O3S/c1-2-4-17(15,16)5-3-13-7-8(12)6-9(11)10(13)14/h6-7H,2-5,12H2,1H3. The summed E-state index contributed by atoms with van der Waals surface area (Å²) < 4.78 is 24.7. The molecule has 2 N–H and O–H groups in total. The number of hydrogen-bond acceptors (Lipinski definition) is 4. The van der Waals surface area contributed by atoms with E-state index in [1.54, 1.807) is 6.92 Å². The summed E-state index contributed by atoms with van der Waals surface area (Å²) in [7, 11) is -3.09. The van der Waals surface area contributed by atoms with Crippen molar-refractivity contribution in [3.8, 4) is 0 Å². The van der Waals surface area contributed by atoms with E-state index in [0.717, 1.165) is 0 Å². The number of pyridine rings is 1. The summed E-state index contributed by atoms with van der Waals surface area (Å²) >= 11 is 3.09. The SMILES string of the molecule is CCCS(=O)(=O)CCn1cc(N)cc(Br)c1=O. The minimum absolute atomic E-state index is 0.0450. The fourth-order valence-electron chi connectivity index (χ4n) is 1.44. The molecule has 7 heteroatoms. The molecule has 96 valence electrons. The summed E-state index contributed by atoms with van der Waals surface area (Å²) in [5.74, 6) is 0.0991. The molecule has 0 bridgehead atoms. The fourth-order valence-corrected chi connectivity index (χ4v) is 3.23. The number of halogens is 1. The molecular weight excluding hydrogens is 308 g/mol. The molecule has 0 unspecified atom stereocenters. The van der Waals surface area contributed by atoms with E-state index in [-0.39, 0.29) is 23.6 Å². The second-order valence-electron chi connectivity index (χ2n) is 3.77. The molecule has 0 aliphatic heterocycles. The fraction of sp³-hybridized carbons (Fsp3) is 0.500. The van der Waals surface area contributed by atoms with Crippen LogP contribution in [-0.2, 0) is 16.4 Å². The number of sulfone groups is 1. The van der Waals surface area contributed by atoms with E-state index in [4.69, 9.17) is 5.73 Å². The molecule has 0 saturated carbocycles. The maximum Gasteiger partial charge on any atom is 0.265 e. The predicted molar refractivity (Wildman–Crippen MR) is 71.8 cm³/mol. The van der Waals surface area contributed by atoms with Crippen molar-refractivity contribution in [2.45, 2.75) is 19.9 Å². The van der Waals surface area contributed by atoms with Gasteiger partial charge in [0.2, 0.25) is 0 Å². The van der Waals surface area contributed by atoms with Gasteiger partial charge in [0.15, 0.2) is 9.84 Å². The Morgan fingerprint density at radius 2 is 2.06 bits per heavy atom. The molecule has 0 aliphatic rings. The molecule has 0 radical (unpaired) electrons. The molecule has 5 nitrogen and oxygen atoms in total. The molecule has 0 aromatic carbocycles. The summed E-state index contributed by atoms with van der Waals surface area (Å²) in [6.07, 6.45) is 2.03. The summed E-state index contributed by atoms with van der Waals surface area (Å²) in [4.78, 5) is 11.7. The Hall–Kier alpha value is -0.820. The zero-order chi connectivity index (χ0) is 13.1. The lowest BCUT2D eigenvalue weighted by Crippen LogP contribution is -2.25. The molecule has 0 saturated heterocycles. The Bertz CT molecular complexity index is 551. The highest BCUT2D eigenvalue weighted by Crippen LogP contribution is 2.08. The van der Waals surface area contributed by atoms with Crippen LogP contribution in [0, 0.1) is 0 Å². The molecule has 1 aromatic heterocycles. The highest BCUT2D eigenvalue weighted by Gasteiger charge is 2.11. The van der Waals surface area contributed by atoms with Crippen LogP contribution in [0.25, 0.3) is 0 Å². The summed E-state index contributed by atoms with van der Waals surface area (Å²) in [5.41, 5.74) is 5.74. The average Bonchev–Trinajstić information content (AvgIpc) is 2.21. The maximum absolute atomic E-state index is 11.7. The van der Waals surface area contributed by atoms with Crippen LogP contribution >= 0.6 is 15.9 Å². The quantitative estimate of drug-likeness (QED) is 0.877. The van der Waals surface area contributed by atoms with Gasteiger partial charge in [-0.05, 0) is 28.4 Å². The van der Waals surface area contributed by atoms with Gasteiger partial charge in [-0.25, -0.2) is 8.42 Å². The number of aryl methyl sites for hydroxylation is 1. The van der Waals surface area contributed by atoms with Crippen molar-refractivity contribution < 1.29 is 8.42 Å². The Kier molecular flexibility index (Phi) is 4.76. The van der Waals surface area contributed by atoms with Gasteiger partial charge in [0, 0.05) is 24.2 Å². The number of nitrogen functional groups attached to an aromatic ring is 1. The van der Waals surface area contributed by atoms with Gasteiger partial charge in [-0.15, -0.1) is 0 Å². The monoisotopic (exact) mass is 322 g/mol. The van der Waals surface area contributed by atoms with Gasteiger partial charge in [-0.1, -0.05) is 6.92 Å². The molecule has 1 heterocycles. The third kappa shape index (κ3) is 4.16. The van der Waals surface area contributed by atoms with Gasteiger partial charge in [-0.2, -0.15) is 0 Å². The van der Waals surface area contributed by atoms with Crippen molar-refractivity contribution in [1.29, 1.82) is 0 Å². The number of nitrogens with two attached hydrogens (primary N) is 1. The van der Waals surface area contributed by atoms with E-state index in [1.165, 1.54) is 16.8 Å². The van der Waals surface area contributed by atoms with Crippen LogP contribution in [0.5, 0.6) is 0 Å². The number of anilines is 1. The zero-order valence-corrected chi connectivity index (χ0v) is 11.9. The molecule has 0 amide bonds. The van der Waals surface area contributed by atoms with Crippen molar-refractivity contribution >= 4 is 31.5 Å². The van der Waals surface area contributed by atoms with Gasteiger partial charge in [0.1, 0.15) is 0 Å². The van der Waals surface area contributed by atoms with Crippen molar-refractivity contribution in [2.24, 2.45) is 0 Å². The van der Waals surface area contributed by atoms with Crippen LogP contribution in [0.2, 0.25) is 0 Å². The third-order valence-electron chi connectivity index (χ3n) is 2.22. The topological polar surface area (TPSA) is 82.2 Å². The Balaban J connectivity index is 2.87. The Morgan fingerprint density at radius 1 is 1.41 bits per heavy atom. The average molecular weight is 323 g/mol. The van der Waals surface area contributed by atoms with Crippen molar-refractivity contribution in [1.82, 2.24) is 4.57 Å². The van der Waals surface area contributed by atoms with Crippen molar-refractivity contribution in [3.63, 3.8) is 0 Å². The molecule has 1 aromatic rings. The first kappa shape index (κ1) is 14.2. The minimum Gasteiger partial charge on any atom is -0.398 e. The van der Waals surface area contributed by atoms with E-state index in [0.29, 0.717) is 16.6 Å². The van der Waals surface area contributed by atoms with Gasteiger partial charge >= 0.3 is 0 Å². The van der Waals surface area contributed by atoms with Crippen LogP contribution < -0.4 is 11.3 Å². The third-order valence-corrected chi connectivity index (χ3v) is 4.62. The summed E-state index contributed by atoms with van der Waals surface area (Å²) in [6, 6.07) is 1.50. The largest absolute Gasteiger partial charge is 0.398 e. The summed E-state index contributed by atoms with van der Waals surface area (Å²) in [6.45, 7) is 1.94. The molecule has 1 rings (SSSR count). The number of aromatic nitrogens is 1. The van der Waals surface area contributed by atoms with E-state index in [9.17, 15) is 13.2 Å². The lowest BCUT2D eigenvalue weighted by molar-refractivity contribution is 0.586. The van der Waals surface area contributed by atoms with E-state index in [2.05, 4.69) is 15.9 Å². The lowest BCUT2D eigenvalue weighted by Gasteiger charge is -2.08. The van der Waals surface area contributed by atoms with Gasteiger partial charge in [0.25, 0.3) is 5.56 Å². The highest BCUT2D eigenvalue weighted by atomic mass is 79.9. The number of rotatable bonds is 5. The van der Waals surface area contributed by atoms with Crippen LogP contribution in [-0.4, -0.2) is 24.5 Å². The molecule has 0 spiro atoms. The number of hydrogen-bond donors (Lipinski definition) is 1. The first-order valence-electron chi connectivity index (χ1n) is 5.21. The lowest BCUT2D eigenvalue weighted by atomic mass is 10.4. The van der Waals surface area contributed by atoms with Gasteiger partial charge < -0.3 is 10.3 Å². The summed E-state index contributed by atoms with van der Waals surface area (Å²) in [5, 5.41) is 0. The second kappa shape index (κ2) is 5.68. The molecule has 17 heavy (non-hydrogen) atoms. The molecule has 0 fully saturated rings. The molecular formula is C10H15BrN2O3S. The second-order valence-corrected chi connectivity index (χ2v) is 6.93. The van der Waals surface area contributed by atoms with Crippen LogP contribution in [0.3, 0.4) is 0 Å². The first-order valence-corrected chi connectivity index (χ1v) is 7.83. The maximum atomic E-state index is 11.7. The van der Waals surface area contributed by atoms with Gasteiger partial charge in [-0.3, -0.25) is 4.79 Å². The molecule has 0 atom stereocenters.